The van der Waals surface area contributed by atoms with Crippen LogP contribution in [0.3, 0.4) is 0 Å². The molecule has 0 aliphatic carbocycles. The Labute approximate surface area is 128 Å². The van der Waals surface area contributed by atoms with Crippen LogP contribution in [0.1, 0.15) is 11.4 Å². The van der Waals surface area contributed by atoms with E-state index in [0.29, 0.717) is 6.42 Å². The predicted molar refractivity (Wildman–Crippen MR) is 86.2 cm³/mol. The van der Waals surface area contributed by atoms with Gasteiger partial charge in [-0.3, -0.25) is 5.43 Å². The molecule has 2 aromatic carbocycles. The van der Waals surface area contributed by atoms with Crippen LogP contribution in [-0.4, -0.2) is 26.4 Å². The number of hydrazone groups is 1. The van der Waals surface area contributed by atoms with Gasteiger partial charge in [-0.05, 0) is 41.6 Å². The molecule has 0 aliphatic rings. The molecule has 0 saturated heterocycles. The topological polar surface area (TPSA) is 68.0 Å². The maximum Gasteiger partial charge on any atom is 0.162 e. The summed E-state index contributed by atoms with van der Waals surface area (Å²) < 4.78 is 1.71. The molecule has 0 atom stereocenters. The Morgan fingerprint density at radius 1 is 1.09 bits per heavy atom. The summed E-state index contributed by atoms with van der Waals surface area (Å²) in [5.41, 5.74) is 6.09. The van der Waals surface area contributed by atoms with Crippen LogP contribution >= 0.6 is 0 Å². The highest BCUT2D eigenvalue weighted by Gasteiger charge is 2.05. The summed E-state index contributed by atoms with van der Waals surface area (Å²) in [6, 6.07) is 17.8. The normalized spacial score (nSPS) is 11.0. The van der Waals surface area contributed by atoms with Crippen LogP contribution in [0.2, 0.25) is 0 Å². The summed E-state index contributed by atoms with van der Waals surface area (Å²) >= 11 is 0. The second kappa shape index (κ2) is 6.62. The summed E-state index contributed by atoms with van der Waals surface area (Å²) in [4.78, 5) is 0. The quantitative estimate of drug-likeness (QED) is 0.580. The molecule has 0 bridgehead atoms. The standard InChI is InChI=1S/C16H16N6/c1-13-7-9-14(10-8-13)18-17-12-11-16-19-20-21-22(16)15-5-3-2-4-6-15/h2-10,12,18H,11H2,1H3/b17-12-. The van der Waals surface area contributed by atoms with E-state index in [2.05, 4.69) is 33.0 Å². The first-order chi connectivity index (χ1) is 10.8. The highest BCUT2D eigenvalue weighted by Crippen LogP contribution is 2.09. The molecule has 0 radical (unpaired) electrons. The lowest BCUT2D eigenvalue weighted by Gasteiger charge is -2.02. The van der Waals surface area contributed by atoms with Crippen LogP contribution in [-0.2, 0) is 6.42 Å². The van der Waals surface area contributed by atoms with Gasteiger partial charge in [-0.15, -0.1) is 5.10 Å². The zero-order valence-electron chi connectivity index (χ0n) is 12.2. The third-order valence-electron chi connectivity index (χ3n) is 3.15. The molecule has 0 spiro atoms. The maximum atomic E-state index is 4.20. The van der Waals surface area contributed by atoms with Crippen molar-refractivity contribution >= 4 is 11.9 Å². The van der Waals surface area contributed by atoms with Crippen molar-refractivity contribution in [1.82, 2.24) is 20.2 Å². The lowest BCUT2D eigenvalue weighted by atomic mass is 10.2. The Morgan fingerprint density at radius 3 is 2.64 bits per heavy atom. The number of nitrogens with one attached hydrogen (secondary N) is 1. The number of aryl methyl sites for hydroxylation is 1. The molecule has 6 heteroatoms. The van der Waals surface area contributed by atoms with Crippen LogP contribution < -0.4 is 5.43 Å². The molecule has 0 aliphatic heterocycles. The SMILES string of the molecule is Cc1ccc(N/N=C\Cc2nnnn2-c2ccccc2)cc1. The van der Waals surface area contributed by atoms with Crippen molar-refractivity contribution in [2.75, 3.05) is 5.43 Å². The van der Waals surface area contributed by atoms with E-state index in [1.165, 1.54) is 5.56 Å². The third kappa shape index (κ3) is 3.35. The summed E-state index contributed by atoms with van der Waals surface area (Å²) in [7, 11) is 0. The highest BCUT2D eigenvalue weighted by atomic mass is 15.5. The lowest BCUT2D eigenvalue weighted by molar-refractivity contribution is 0.776. The minimum atomic E-state index is 0.542. The van der Waals surface area contributed by atoms with Crippen LogP contribution in [0.5, 0.6) is 0 Å². The Kier molecular flexibility index (Phi) is 4.20. The second-order valence-electron chi connectivity index (χ2n) is 4.84. The van der Waals surface area contributed by atoms with Crippen LogP contribution in [0, 0.1) is 6.92 Å². The number of benzene rings is 2. The van der Waals surface area contributed by atoms with E-state index in [9.17, 15) is 0 Å². The van der Waals surface area contributed by atoms with Crippen LogP contribution in [0.25, 0.3) is 5.69 Å². The van der Waals surface area contributed by atoms with E-state index in [1.54, 1.807) is 10.9 Å². The van der Waals surface area contributed by atoms with Gasteiger partial charge >= 0.3 is 0 Å². The van der Waals surface area contributed by atoms with Gasteiger partial charge < -0.3 is 0 Å². The summed E-state index contributed by atoms with van der Waals surface area (Å²) in [6.07, 6.45) is 2.30. The average molecular weight is 292 g/mol. The average Bonchev–Trinajstić information content (AvgIpc) is 3.02. The van der Waals surface area contributed by atoms with Gasteiger partial charge in [0.05, 0.1) is 11.4 Å². The van der Waals surface area contributed by atoms with E-state index in [4.69, 9.17) is 0 Å². The van der Waals surface area contributed by atoms with E-state index in [1.807, 2.05) is 54.6 Å². The first-order valence-corrected chi connectivity index (χ1v) is 7.00. The Balaban J connectivity index is 1.64. The van der Waals surface area contributed by atoms with E-state index in [-0.39, 0.29) is 0 Å². The van der Waals surface area contributed by atoms with Crippen molar-refractivity contribution in [3.05, 3.63) is 66.0 Å². The molecule has 1 aromatic heterocycles. The minimum Gasteiger partial charge on any atom is -0.279 e. The first-order valence-electron chi connectivity index (χ1n) is 7.00. The molecule has 0 unspecified atom stereocenters. The summed E-state index contributed by atoms with van der Waals surface area (Å²) in [6.45, 7) is 2.05. The number of rotatable bonds is 5. The number of hydrogen-bond acceptors (Lipinski definition) is 5. The molecule has 1 N–H and O–H groups in total. The Morgan fingerprint density at radius 2 is 1.86 bits per heavy atom. The van der Waals surface area contributed by atoms with Gasteiger partial charge in [-0.1, -0.05) is 35.9 Å². The Hall–Kier alpha value is -3.02. The fourth-order valence-corrected chi connectivity index (χ4v) is 1.98. The minimum absolute atomic E-state index is 0.542. The monoisotopic (exact) mass is 292 g/mol. The molecular weight excluding hydrogens is 276 g/mol. The van der Waals surface area contributed by atoms with Crippen molar-refractivity contribution in [1.29, 1.82) is 0 Å². The second-order valence-corrected chi connectivity index (χ2v) is 4.84. The van der Waals surface area contributed by atoms with Gasteiger partial charge in [-0.25, -0.2) is 0 Å². The number of hydrogen-bond donors (Lipinski definition) is 1. The van der Waals surface area contributed by atoms with Crippen molar-refractivity contribution < 1.29 is 0 Å². The van der Waals surface area contributed by atoms with Gasteiger partial charge in [0, 0.05) is 12.6 Å². The van der Waals surface area contributed by atoms with Crippen LogP contribution in [0.15, 0.2) is 59.7 Å². The van der Waals surface area contributed by atoms with Crippen molar-refractivity contribution in [3.63, 3.8) is 0 Å². The molecular formula is C16H16N6. The number of tetrazole rings is 1. The molecule has 3 aromatic rings. The maximum absolute atomic E-state index is 4.20. The van der Waals surface area contributed by atoms with Gasteiger partial charge in [0.1, 0.15) is 0 Å². The van der Waals surface area contributed by atoms with E-state index >= 15 is 0 Å². The molecule has 0 saturated carbocycles. The summed E-state index contributed by atoms with van der Waals surface area (Å²) in [5.74, 6) is 0.737. The smallest absolute Gasteiger partial charge is 0.162 e. The lowest BCUT2D eigenvalue weighted by Crippen LogP contribution is -2.04. The summed E-state index contributed by atoms with van der Waals surface area (Å²) in [5, 5.41) is 16.0. The Bertz CT molecular complexity index is 746. The number of aromatic nitrogens is 4. The fourth-order valence-electron chi connectivity index (χ4n) is 1.98. The number of nitrogens with zero attached hydrogens (tertiary/aromatic N) is 5. The number of anilines is 1. The molecule has 6 nitrogen and oxygen atoms in total. The van der Waals surface area contributed by atoms with Crippen molar-refractivity contribution in [3.8, 4) is 5.69 Å². The number of para-hydroxylation sites is 1. The first kappa shape index (κ1) is 13.9. The predicted octanol–water partition coefficient (Wildman–Crippen LogP) is 2.61. The zero-order chi connectivity index (χ0) is 15.2. The fraction of sp³-hybridized carbons (Fsp3) is 0.125. The molecule has 3 rings (SSSR count). The van der Waals surface area contributed by atoms with Crippen molar-refractivity contribution in [2.45, 2.75) is 13.3 Å². The molecule has 0 amide bonds. The van der Waals surface area contributed by atoms with Gasteiger partial charge in [0.25, 0.3) is 0 Å². The zero-order valence-corrected chi connectivity index (χ0v) is 12.2. The molecule has 1 heterocycles. The molecule has 110 valence electrons. The van der Waals surface area contributed by atoms with Crippen molar-refractivity contribution in [2.24, 2.45) is 5.10 Å². The highest BCUT2D eigenvalue weighted by molar-refractivity contribution is 5.62. The van der Waals surface area contributed by atoms with E-state index in [0.717, 1.165) is 17.2 Å². The molecule has 0 fully saturated rings. The van der Waals surface area contributed by atoms with Gasteiger partial charge in [0.2, 0.25) is 0 Å². The van der Waals surface area contributed by atoms with Crippen LogP contribution in [0.4, 0.5) is 5.69 Å². The largest absolute Gasteiger partial charge is 0.279 e. The van der Waals surface area contributed by atoms with E-state index < -0.39 is 0 Å². The van der Waals surface area contributed by atoms with Gasteiger partial charge in [-0.2, -0.15) is 9.78 Å². The molecule has 22 heavy (non-hydrogen) atoms. The third-order valence-corrected chi connectivity index (χ3v) is 3.15. The van der Waals surface area contributed by atoms with Gasteiger partial charge in [0.15, 0.2) is 5.82 Å².